The molecule has 0 bridgehead atoms. The molecular formula is C17H26FN. The molecule has 106 valence electrons. The molecule has 1 nitrogen and oxygen atoms in total. The van der Waals surface area contributed by atoms with E-state index in [4.69, 9.17) is 0 Å². The molecule has 1 N–H and O–H groups in total. The van der Waals surface area contributed by atoms with Gasteiger partial charge in [-0.05, 0) is 76.1 Å². The van der Waals surface area contributed by atoms with Crippen molar-refractivity contribution in [3.63, 3.8) is 0 Å². The van der Waals surface area contributed by atoms with Crippen molar-refractivity contribution >= 4 is 0 Å². The lowest BCUT2D eigenvalue weighted by Gasteiger charge is -2.27. The molecule has 1 fully saturated rings. The third-order valence-electron chi connectivity index (χ3n) is 4.18. The second-order valence-corrected chi connectivity index (χ2v) is 6.94. The summed E-state index contributed by atoms with van der Waals surface area (Å²) in [5, 5.41) is 3.60. The van der Waals surface area contributed by atoms with Gasteiger partial charge in [-0.3, -0.25) is 0 Å². The van der Waals surface area contributed by atoms with Gasteiger partial charge in [-0.15, -0.1) is 0 Å². The van der Waals surface area contributed by atoms with Gasteiger partial charge < -0.3 is 5.32 Å². The predicted octanol–water partition coefficient (Wildman–Crippen LogP) is 4.41. The van der Waals surface area contributed by atoms with Crippen LogP contribution in [0.15, 0.2) is 18.2 Å². The van der Waals surface area contributed by atoms with E-state index in [0.29, 0.717) is 11.8 Å². The van der Waals surface area contributed by atoms with Crippen LogP contribution < -0.4 is 5.32 Å². The Labute approximate surface area is 116 Å². The molecule has 0 aliphatic heterocycles. The van der Waals surface area contributed by atoms with Crippen LogP contribution in [0.5, 0.6) is 0 Å². The van der Waals surface area contributed by atoms with Gasteiger partial charge in [0.15, 0.2) is 0 Å². The molecule has 0 amide bonds. The van der Waals surface area contributed by atoms with Crippen LogP contribution in [0.4, 0.5) is 4.39 Å². The lowest BCUT2D eigenvalue weighted by molar-refractivity contribution is 0.356. The summed E-state index contributed by atoms with van der Waals surface area (Å²) in [4.78, 5) is 0. The molecule has 1 aliphatic rings. The van der Waals surface area contributed by atoms with Gasteiger partial charge in [-0.1, -0.05) is 18.6 Å². The van der Waals surface area contributed by atoms with Crippen molar-refractivity contribution in [3.8, 4) is 0 Å². The van der Waals surface area contributed by atoms with Gasteiger partial charge in [0.1, 0.15) is 5.82 Å². The zero-order valence-corrected chi connectivity index (χ0v) is 12.6. The monoisotopic (exact) mass is 263 g/mol. The van der Waals surface area contributed by atoms with Gasteiger partial charge in [0.05, 0.1) is 0 Å². The maximum absolute atomic E-state index is 13.7. The van der Waals surface area contributed by atoms with E-state index in [-0.39, 0.29) is 11.4 Å². The summed E-state index contributed by atoms with van der Waals surface area (Å²) in [6.07, 6.45) is 3.71. The average molecular weight is 263 g/mol. The van der Waals surface area contributed by atoms with Crippen molar-refractivity contribution in [1.29, 1.82) is 0 Å². The molecule has 1 aliphatic carbocycles. The fourth-order valence-corrected chi connectivity index (χ4v) is 3.00. The van der Waals surface area contributed by atoms with Gasteiger partial charge in [0.2, 0.25) is 0 Å². The van der Waals surface area contributed by atoms with Crippen LogP contribution in [-0.4, -0.2) is 12.1 Å². The molecule has 2 unspecified atom stereocenters. The number of halogens is 1. The van der Waals surface area contributed by atoms with Gasteiger partial charge in [-0.25, -0.2) is 4.39 Å². The topological polar surface area (TPSA) is 12.0 Å². The van der Waals surface area contributed by atoms with E-state index in [0.717, 1.165) is 12.1 Å². The highest BCUT2D eigenvalue weighted by atomic mass is 19.1. The normalized spacial score (nSPS) is 23.8. The average Bonchev–Trinajstić information content (AvgIpc) is 2.77. The number of rotatable bonds is 3. The maximum atomic E-state index is 13.7. The first-order chi connectivity index (χ1) is 8.87. The van der Waals surface area contributed by atoms with Crippen molar-refractivity contribution < 1.29 is 4.39 Å². The van der Waals surface area contributed by atoms with Crippen molar-refractivity contribution in [2.45, 2.75) is 58.4 Å². The smallest absolute Gasteiger partial charge is 0.126 e. The van der Waals surface area contributed by atoms with E-state index in [9.17, 15) is 4.39 Å². The molecule has 2 heteroatoms. The van der Waals surface area contributed by atoms with Crippen molar-refractivity contribution in [2.24, 2.45) is 5.92 Å². The number of hydrogen-bond acceptors (Lipinski definition) is 1. The van der Waals surface area contributed by atoms with E-state index in [2.05, 4.69) is 32.2 Å². The van der Waals surface area contributed by atoms with Crippen molar-refractivity contribution in [2.75, 3.05) is 6.54 Å². The summed E-state index contributed by atoms with van der Waals surface area (Å²) < 4.78 is 13.7. The highest BCUT2D eigenvalue weighted by Crippen LogP contribution is 2.39. The van der Waals surface area contributed by atoms with Gasteiger partial charge in [0.25, 0.3) is 0 Å². The van der Waals surface area contributed by atoms with E-state index >= 15 is 0 Å². The highest BCUT2D eigenvalue weighted by molar-refractivity contribution is 5.27. The number of aryl methyl sites for hydroxylation is 1. The van der Waals surface area contributed by atoms with E-state index < -0.39 is 0 Å². The minimum absolute atomic E-state index is 0.0630. The number of benzene rings is 1. The Hall–Kier alpha value is -0.890. The van der Waals surface area contributed by atoms with Crippen LogP contribution in [-0.2, 0) is 0 Å². The molecule has 0 heterocycles. The van der Waals surface area contributed by atoms with Crippen LogP contribution in [0, 0.1) is 18.7 Å². The lowest BCUT2D eigenvalue weighted by atomic mass is 9.88. The number of hydrogen-bond donors (Lipinski definition) is 1. The molecule has 1 saturated carbocycles. The first-order valence-corrected chi connectivity index (χ1v) is 7.38. The van der Waals surface area contributed by atoms with E-state index in [1.165, 1.54) is 24.8 Å². The SMILES string of the molecule is Cc1ccc(C2CCCC2CNC(C)(C)C)cc1F. The molecule has 0 saturated heterocycles. The summed E-state index contributed by atoms with van der Waals surface area (Å²) in [6.45, 7) is 9.45. The maximum Gasteiger partial charge on any atom is 0.126 e. The minimum Gasteiger partial charge on any atom is -0.312 e. The zero-order chi connectivity index (χ0) is 14.0. The summed E-state index contributed by atoms with van der Waals surface area (Å²) >= 11 is 0. The van der Waals surface area contributed by atoms with Crippen LogP contribution in [0.3, 0.4) is 0 Å². The summed E-state index contributed by atoms with van der Waals surface area (Å²) in [6, 6.07) is 5.77. The van der Waals surface area contributed by atoms with Crippen LogP contribution in [0.25, 0.3) is 0 Å². The minimum atomic E-state index is -0.0630. The molecule has 1 aromatic rings. The summed E-state index contributed by atoms with van der Waals surface area (Å²) in [7, 11) is 0. The Morgan fingerprint density at radius 3 is 2.63 bits per heavy atom. The third-order valence-corrected chi connectivity index (χ3v) is 4.18. The molecular weight excluding hydrogens is 237 g/mol. The second-order valence-electron chi connectivity index (χ2n) is 6.94. The second kappa shape index (κ2) is 5.62. The molecule has 0 radical (unpaired) electrons. The molecule has 19 heavy (non-hydrogen) atoms. The van der Waals surface area contributed by atoms with Crippen LogP contribution >= 0.6 is 0 Å². The quantitative estimate of drug-likeness (QED) is 0.852. The fourth-order valence-electron chi connectivity index (χ4n) is 3.00. The first kappa shape index (κ1) is 14.5. The molecule has 0 spiro atoms. The predicted molar refractivity (Wildman–Crippen MR) is 79.0 cm³/mol. The lowest BCUT2D eigenvalue weighted by Crippen LogP contribution is -2.39. The Kier molecular flexibility index (Phi) is 4.29. The van der Waals surface area contributed by atoms with Crippen LogP contribution in [0.2, 0.25) is 0 Å². The summed E-state index contributed by atoms with van der Waals surface area (Å²) in [5.74, 6) is 1.10. The van der Waals surface area contributed by atoms with Gasteiger partial charge in [-0.2, -0.15) is 0 Å². The molecule has 0 aromatic heterocycles. The Bertz CT molecular complexity index is 433. The van der Waals surface area contributed by atoms with E-state index in [1.807, 2.05) is 13.0 Å². The Morgan fingerprint density at radius 1 is 1.26 bits per heavy atom. The van der Waals surface area contributed by atoms with Crippen molar-refractivity contribution in [3.05, 3.63) is 35.1 Å². The highest BCUT2D eigenvalue weighted by Gasteiger charge is 2.29. The largest absolute Gasteiger partial charge is 0.312 e. The standard InChI is InChI=1S/C17H26FN/c1-12-8-9-13(10-16(12)18)15-7-5-6-14(15)11-19-17(2,3)4/h8-10,14-15,19H,5-7,11H2,1-4H3. The first-order valence-electron chi connectivity index (χ1n) is 7.38. The third kappa shape index (κ3) is 3.79. The molecule has 1 aromatic carbocycles. The van der Waals surface area contributed by atoms with Crippen LogP contribution in [0.1, 0.15) is 57.1 Å². The Morgan fingerprint density at radius 2 is 2.00 bits per heavy atom. The molecule has 2 atom stereocenters. The van der Waals surface area contributed by atoms with Gasteiger partial charge >= 0.3 is 0 Å². The summed E-state index contributed by atoms with van der Waals surface area (Å²) in [5.41, 5.74) is 2.08. The van der Waals surface area contributed by atoms with E-state index in [1.54, 1.807) is 6.07 Å². The van der Waals surface area contributed by atoms with Crippen molar-refractivity contribution in [1.82, 2.24) is 5.32 Å². The Balaban J connectivity index is 2.07. The number of nitrogens with one attached hydrogen (secondary N) is 1. The fraction of sp³-hybridized carbons (Fsp3) is 0.647. The zero-order valence-electron chi connectivity index (χ0n) is 12.6. The van der Waals surface area contributed by atoms with Gasteiger partial charge in [0, 0.05) is 5.54 Å². The molecule has 2 rings (SSSR count).